The van der Waals surface area contributed by atoms with Crippen LogP contribution >= 0.6 is 0 Å². The van der Waals surface area contributed by atoms with Gasteiger partial charge < -0.3 is 14.2 Å². The van der Waals surface area contributed by atoms with Crippen LogP contribution in [0.4, 0.5) is 5.69 Å². The molecule has 1 aromatic carbocycles. The number of fused-ring (bicyclic) bond motifs is 1. The van der Waals surface area contributed by atoms with Crippen LogP contribution in [-0.4, -0.2) is 59.6 Å². The van der Waals surface area contributed by atoms with E-state index < -0.39 is 37.4 Å². The van der Waals surface area contributed by atoms with Crippen LogP contribution in [0.15, 0.2) is 23.1 Å². The van der Waals surface area contributed by atoms with Gasteiger partial charge in [-0.25, -0.2) is 16.8 Å². The van der Waals surface area contributed by atoms with Crippen molar-refractivity contribution in [2.45, 2.75) is 69.1 Å². The fourth-order valence-corrected chi connectivity index (χ4v) is 5.16. The van der Waals surface area contributed by atoms with Crippen molar-refractivity contribution in [3.8, 4) is 0 Å². The van der Waals surface area contributed by atoms with Crippen LogP contribution in [0.5, 0.6) is 0 Å². The zero-order valence-electron chi connectivity index (χ0n) is 18.7. The van der Waals surface area contributed by atoms with Gasteiger partial charge in [-0.05, 0) is 38.3 Å². The molecule has 32 heavy (non-hydrogen) atoms. The van der Waals surface area contributed by atoms with Crippen molar-refractivity contribution in [2.24, 2.45) is 0 Å². The molecule has 9 nitrogen and oxygen atoms in total. The topological polar surface area (TPSA) is 155 Å². The Bertz CT molecular complexity index is 1080. The molecule has 0 saturated carbocycles. The molecule has 0 saturated heterocycles. The maximum atomic E-state index is 11.6. The number of unbranched alkanes of at least 4 members (excludes halogenated alkanes) is 3. The summed E-state index contributed by atoms with van der Waals surface area (Å²) in [7, 11) is -8.91. The zero-order valence-corrected chi connectivity index (χ0v) is 23.4. The molecule has 1 aromatic rings. The molecule has 1 N–H and O–H groups in total. The van der Waals surface area contributed by atoms with Crippen molar-refractivity contribution in [3.63, 3.8) is 0 Å². The van der Waals surface area contributed by atoms with Crippen molar-refractivity contribution in [2.75, 3.05) is 12.3 Å². The van der Waals surface area contributed by atoms with Crippen molar-refractivity contribution < 1.29 is 91.8 Å². The van der Waals surface area contributed by atoms with E-state index in [0.29, 0.717) is 37.8 Å². The number of hydrogen-bond acceptors (Lipinski definition) is 7. The molecule has 1 heterocycles. The van der Waals surface area contributed by atoms with E-state index in [0.717, 1.165) is 17.8 Å². The molecular weight excluding hydrogens is 485 g/mol. The summed E-state index contributed by atoms with van der Waals surface area (Å²) >= 11 is 0. The summed E-state index contributed by atoms with van der Waals surface area (Å²) < 4.78 is 69.2. The van der Waals surface area contributed by atoms with Crippen molar-refractivity contribution in [1.82, 2.24) is 0 Å². The first kappa shape index (κ1) is 29.8. The predicted molar refractivity (Wildman–Crippen MR) is 112 cm³/mol. The van der Waals surface area contributed by atoms with Gasteiger partial charge in [0.05, 0.1) is 20.4 Å². The minimum atomic E-state index is -4.63. The minimum absolute atomic E-state index is 0. The van der Waals surface area contributed by atoms with Crippen LogP contribution in [0.25, 0.3) is 0 Å². The van der Waals surface area contributed by atoms with Crippen LogP contribution in [0.3, 0.4) is 0 Å². The second kappa shape index (κ2) is 12.0. The molecule has 174 valence electrons. The summed E-state index contributed by atoms with van der Waals surface area (Å²) in [4.78, 5) is 10.4. The number of carbonyl (C=O) groups is 1. The van der Waals surface area contributed by atoms with Gasteiger partial charge >= 0.3 is 57.4 Å². The van der Waals surface area contributed by atoms with E-state index in [-0.39, 0.29) is 69.1 Å². The van der Waals surface area contributed by atoms with Gasteiger partial charge in [-0.1, -0.05) is 12.8 Å². The number of carboxylic acids is 1. The maximum Gasteiger partial charge on any atom is 1.00 e. The quantitative estimate of drug-likeness (QED) is 0.167. The first-order valence-corrected chi connectivity index (χ1v) is 13.1. The third-order valence-corrected chi connectivity index (χ3v) is 7.56. The smallest absolute Gasteiger partial charge is 0.748 e. The largest absolute Gasteiger partial charge is 1.00 e. The number of rotatable bonds is 12. The van der Waals surface area contributed by atoms with E-state index in [1.165, 1.54) is 12.1 Å². The summed E-state index contributed by atoms with van der Waals surface area (Å²) in [6.07, 6.45) is 3.35. The second-order valence-corrected chi connectivity index (χ2v) is 11.0. The Balaban J connectivity index is 0.00000512. The maximum absolute atomic E-state index is 11.6. The third-order valence-electron chi connectivity index (χ3n) is 5.94. The Morgan fingerprint density at radius 2 is 1.72 bits per heavy atom. The van der Waals surface area contributed by atoms with E-state index in [1.807, 2.05) is 18.4 Å². The van der Waals surface area contributed by atoms with Gasteiger partial charge in [0.1, 0.15) is 16.7 Å². The average molecular weight is 514 g/mol. The SMILES string of the molecule is CC1=[N+](CCCCS(=O)(=O)[O-])c2ccc(S(=O)(=O)[O-])cc2C1(C)CCCCCC(=O)O.[K+]. The van der Waals surface area contributed by atoms with Gasteiger partial charge in [0.25, 0.3) is 0 Å². The van der Waals surface area contributed by atoms with Crippen LogP contribution in [-0.2, 0) is 30.4 Å². The van der Waals surface area contributed by atoms with E-state index in [9.17, 15) is 30.7 Å². The fraction of sp³-hybridized carbons (Fsp3) is 0.600. The van der Waals surface area contributed by atoms with Gasteiger partial charge in [-0.3, -0.25) is 4.79 Å². The molecule has 12 heteroatoms. The molecule has 0 bridgehead atoms. The van der Waals surface area contributed by atoms with E-state index in [4.69, 9.17) is 5.11 Å². The third kappa shape index (κ3) is 7.95. The first-order chi connectivity index (χ1) is 14.3. The molecule has 1 atom stereocenters. The molecule has 1 aliphatic rings. The van der Waals surface area contributed by atoms with E-state index in [1.54, 1.807) is 6.07 Å². The number of hydrogen-bond donors (Lipinski definition) is 1. The molecule has 0 radical (unpaired) electrons. The Morgan fingerprint density at radius 3 is 2.28 bits per heavy atom. The summed E-state index contributed by atoms with van der Waals surface area (Å²) in [5, 5.41) is 8.79. The van der Waals surface area contributed by atoms with Crippen LogP contribution in [0.1, 0.15) is 64.4 Å². The Kier molecular flexibility index (Phi) is 11.2. The number of carboxylic acid groups (broad SMARTS) is 1. The number of benzene rings is 1. The summed E-state index contributed by atoms with van der Waals surface area (Å²) in [6.45, 7) is 4.32. The van der Waals surface area contributed by atoms with Crippen molar-refractivity contribution >= 4 is 37.6 Å². The monoisotopic (exact) mass is 513 g/mol. The van der Waals surface area contributed by atoms with Gasteiger partial charge in [0.15, 0.2) is 5.71 Å². The van der Waals surface area contributed by atoms with Crippen LogP contribution in [0.2, 0.25) is 0 Å². The number of aliphatic carboxylic acids is 1. The van der Waals surface area contributed by atoms with E-state index in [2.05, 4.69) is 0 Å². The van der Waals surface area contributed by atoms with Gasteiger partial charge in [0, 0.05) is 37.1 Å². The summed E-state index contributed by atoms with van der Waals surface area (Å²) in [5.41, 5.74) is 1.84. The van der Waals surface area contributed by atoms with Crippen molar-refractivity contribution in [1.29, 1.82) is 0 Å². The summed E-state index contributed by atoms with van der Waals surface area (Å²) in [6, 6.07) is 4.26. The molecule has 2 rings (SSSR count). The normalized spacial score (nSPS) is 18.4. The molecular formula is C20H28KNO8S2. The molecule has 1 unspecified atom stereocenters. The van der Waals surface area contributed by atoms with Gasteiger partial charge in [-0.15, -0.1) is 0 Å². The second-order valence-electron chi connectivity index (χ2n) is 8.13. The molecule has 0 spiro atoms. The van der Waals surface area contributed by atoms with Crippen LogP contribution in [0, 0.1) is 0 Å². The molecule has 0 fully saturated rings. The Labute approximate surface area is 232 Å². The summed E-state index contributed by atoms with van der Waals surface area (Å²) in [5.74, 6) is -1.29. The Morgan fingerprint density at radius 1 is 1.06 bits per heavy atom. The van der Waals surface area contributed by atoms with E-state index >= 15 is 0 Å². The molecule has 0 aromatic heterocycles. The first-order valence-electron chi connectivity index (χ1n) is 10.1. The minimum Gasteiger partial charge on any atom is -0.748 e. The molecule has 1 aliphatic heterocycles. The van der Waals surface area contributed by atoms with Gasteiger partial charge in [-0.2, -0.15) is 4.58 Å². The zero-order chi connectivity index (χ0) is 23.4. The predicted octanol–water partition coefficient (Wildman–Crippen LogP) is -0.669. The van der Waals surface area contributed by atoms with Crippen molar-refractivity contribution in [3.05, 3.63) is 23.8 Å². The standard InChI is InChI=1S/C20H29NO8S2.K/c1-15-20(2,11-5-3-4-8-19(22)23)17-14-16(31(27,28)29)9-10-18(17)21(15)12-6-7-13-30(24,25)26;/h9-10,14H,3-8,11-13H2,1-2H3,(H2-,22,23,24,25,26,27,28,29);/q;+1/p-1. The molecule has 0 amide bonds. The fourth-order valence-electron chi connectivity index (χ4n) is 4.11. The Hall–Kier alpha value is -0.184. The average Bonchev–Trinajstić information content (AvgIpc) is 2.84. The van der Waals surface area contributed by atoms with Gasteiger partial charge in [0.2, 0.25) is 5.69 Å². The van der Waals surface area contributed by atoms with Crippen LogP contribution < -0.4 is 51.4 Å². The number of nitrogens with zero attached hydrogens (tertiary/aromatic N) is 1. The molecule has 0 aliphatic carbocycles.